The van der Waals surface area contributed by atoms with Crippen LogP contribution >= 0.6 is 7.44 Å². The van der Waals surface area contributed by atoms with Crippen molar-refractivity contribution in [2.24, 2.45) is 10.7 Å². The van der Waals surface area contributed by atoms with Crippen LogP contribution in [0.1, 0.15) is 59.8 Å². The number of esters is 2. The Kier molecular flexibility index (Phi) is 12.7. The lowest BCUT2D eigenvalue weighted by Crippen LogP contribution is -2.41. The van der Waals surface area contributed by atoms with Crippen LogP contribution in [0.4, 0.5) is 0 Å². The van der Waals surface area contributed by atoms with Gasteiger partial charge in [0, 0.05) is 18.4 Å². The van der Waals surface area contributed by atoms with Gasteiger partial charge in [-0.1, -0.05) is 33.3 Å². The summed E-state index contributed by atoms with van der Waals surface area (Å²) in [6, 6.07) is -1.85. The molecule has 1 fully saturated rings. The maximum absolute atomic E-state index is 13.9. The number of unbranched alkanes of at least 4 members (excludes halogenated alkanes) is 2. The first-order valence-corrected chi connectivity index (χ1v) is 14.8. The van der Waals surface area contributed by atoms with Gasteiger partial charge in [0.15, 0.2) is 6.23 Å². The lowest BCUT2D eigenvalue weighted by Gasteiger charge is -2.30. The standard InChI is InChI=1S/C25H42N5O7P/c1-6-8-13-35-24(32)17(3)28-38(34,29-18(4)25(33)36-14-9-7-2)15-11-20-16-21(31)23(37-20)30-12-10-22(26)27-19(30)5/h10-12,15,17-18,20-21,23,31H,5-9,13-14,16H2,1-4H3,(H2,26,27)(H2,28,29,34)/b15-11+/t17-,18-,20+,21+,23+/m0/s1. The van der Waals surface area contributed by atoms with Crippen molar-refractivity contribution in [3.05, 3.63) is 36.6 Å². The second kappa shape index (κ2) is 15.2. The van der Waals surface area contributed by atoms with E-state index in [0.29, 0.717) is 18.7 Å². The molecule has 0 aromatic carbocycles. The van der Waals surface area contributed by atoms with Gasteiger partial charge in [0.05, 0.1) is 19.3 Å². The Morgan fingerprint density at radius 3 is 2.29 bits per heavy atom. The quantitative estimate of drug-likeness (QED) is 0.133. The Morgan fingerprint density at radius 1 is 1.24 bits per heavy atom. The number of aliphatic hydroxyl groups is 1. The highest BCUT2D eigenvalue weighted by Gasteiger charge is 2.38. The van der Waals surface area contributed by atoms with E-state index in [1.807, 2.05) is 13.8 Å². The summed E-state index contributed by atoms with van der Waals surface area (Å²) >= 11 is 0. The van der Waals surface area contributed by atoms with Crippen molar-refractivity contribution in [2.45, 2.75) is 90.3 Å². The second-order valence-electron chi connectivity index (χ2n) is 9.29. The normalized spacial score (nSPS) is 23.4. The van der Waals surface area contributed by atoms with Crippen LogP contribution in [0.2, 0.25) is 0 Å². The van der Waals surface area contributed by atoms with E-state index < -0.39 is 49.9 Å². The summed E-state index contributed by atoms with van der Waals surface area (Å²) in [5.41, 5.74) is 5.68. The highest BCUT2D eigenvalue weighted by Crippen LogP contribution is 2.40. The van der Waals surface area contributed by atoms with Crippen molar-refractivity contribution in [1.29, 1.82) is 0 Å². The van der Waals surface area contributed by atoms with Gasteiger partial charge in [-0.05, 0) is 38.8 Å². The van der Waals surface area contributed by atoms with Crippen molar-refractivity contribution in [1.82, 2.24) is 15.1 Å². The van der Waals surface area contributed by atoms with E-state index in [2.05, 4.69) is 21.7 Å². The average molecular weight is 556 g/mol. The molecule has 2 aliphatic heterocycles. The Hall–Kier alpha value is -2.50. The van der Waals surface area contributed by atoms with E-state index in [1.54, 1.807) is 17.2 Å². The van der Waals surface area contributed by atoms with Gasteiger partial charge in [0.1, 0.15) is 29.8 Å². The molecule has 214 valence electrons. The fourth-order valence-corrected chi connectivity index (χ4v) is 5.72. The maximum Gasteiger partial charge on any atom is 0.323 e. The van der Waals surface area contributed by atoms with Crippen molar-refractivity contribution < 1.29 is 33.5 Å². The molecular weight excluding hydrogens is 513 g/mol. The third kappa shape index (κ3) is 9.67. The number of aliphatic imine (C=N–C) groups is 1. The molecule has 5 atom stereocenters. The predicted molar refractivity (Wildman–Crippen MR) is 145 cm³/mol. The molecular formula is C25H42N5O7P. The molecule has 0 amide bonds. The third-order valence-corrected chi connectivity index (χ3v) is 7.96. The summed E-state index contributed by atoms with van der Waals surface area (Å²) in [4.78, 5) is 30.5. The van der Waals surface area contributed by atoms with Gasteiger partial charge >= 0.3 is 11.9 Å². The topological polar surface area (TPSA) is 165 Å². The Morgan fingerprint density at radius 2 is 1.79 bits per heavy atom. The Balaban J connectivity index is 2.13. The summed E-state index contributed by atoms with van der Waals surface area (Å²) in [6.07, 6.45) is 5.81. The molecule has 0 aromatic heterocycles. The van der Waals surface area contributed by atoms with Crippen LogP contribution in [0.5, 0.6) is 0 Å². The van der Waals surface area contributed by atoms with Gasteiger partial charge in [-0.2, -0.15) is 0 Å². The number of nitrogens with zero attached hydrogens (tertiary/aromatic N) is 2. The molecule has 13 heteroatoms. The number of carbonyl (C=O) groups is 2. The van der Waals surface area contributed by atoms with Gasteiger partial charge < -0.3 is 30.0 Å². The molecule has 2 aliphatic rings. The van der Waals surface area contributed by atoms with Crippen molar-refractivity contribution in [3.8, 4) is 0 Å². The number of carbonyl (C=O) groups excluding carboxylic acids is 2. The van der Waals surface area contributed by atoms with Gasteiger partial charge in [0.2, 0.25) is 7.44 Å². The molecule has 2 heterocycles. The number of amidine groups is 1. The largest absolute Gasteiger partial charge is 0.465 e. The first-order valence-electron chi connectivity index (χ1n) is 13.0. The Bertz CT molecular complexity index is 936. The molecule has 2 rings (SSSR count). The molecule has 0 unspecified atom stereocenters. The lowest BCUT2D eigenvalue weighted by atomic mass is 10.2. The van der Waals surface area contributed by atoms with Gasteiger partial charge in [-0.3, -0.25) is 14.2 Å². The van der Waals surface area contributed by atoms with Crippen molar-refractivity contribution >= 4 is 25.2 Å². The highest BCUT2D eigenvalue weighted by molar-refractivity contribution is 7.63. The van der Waals surface area contributed by atoms with Gasteiger partial charge in [-0.15, -0.1) is 0 Å². The summed E-state index contributed by atoms with van der Waals surface area (Å²) in [5.74, 6) is 0.830. The molecule has 0 aromatic rings. The zero-order valence-corrected chi connectivity index (χ0v) is 23.6. The minimum Gasteiger partial charge on any atom is -0.465 e. The van der Waals surface area contributed by atoms with E-state index in [1.165, 1.54) is 25.7 Å². The first kappa shape index (κ1) is 31.7. The Labute approximate surface area is 224 Å². The minimum absolute atomic E-state index is 0.210. The molecule has 5 N–H and O–H groups in total. The number of hydrogen-bond donors (Lipinski definition) is 4. The van der Waals surface area contributed by atoms with Crippen LogP contribution < -0.4 is 15.9 Å². The zero-order valence-electron chi connectivity index (χ0n) is 22.7. The van der Waals surface area contributed by atoms with E-state index in [-0.39, 0.29) is 25.5 Å². The number of hydrogen-bond acceptors (Lipinski definition) is 10. The second-order valence-corrected chi connectivity index (χ2v) is 11.4. The van der Waals surface area contributed by atoms with Crippen LogP contribution in [0, 0.1) is 0 Å². The zero-order chi connectivity index (χ0) is 28.3. The SMILES string of the molecule is C=C1N=C(N)C=CN1[C@@H]1O[C@H](/C=C/P(=O)(N[C@@H](C)C(=O)OCCCC)N[C@@H](C)C(=O)OCCCC)C[C@H]1O. The van der Waals surface area contributed by atoms with Crippen LogP contribution in [0.25, 0.3) is 0 Å². The van der Waals surface area contributed by atoms with Crippen LogP contribution in [0.15, 0.2) is 41.6 Å². The minimum atomic E-state index is -3.69. The highest BCUT2D eigenvalue weighted by atomic mass is 31.2. The average Bonchev–Trinajstić information content (AvgIpc) is 3.23. The van der Waals surface area contributed by atoms with E-state index in [0.717, 1.165) is 12.8 Å². The molecule has 38 heavy (non-hydrogen) atoms. The number of nitrogens with one attached hydrogen (secondary N) is 2. The molecule has 0 spiro atoms. The fourth-order valence-electron chi connectivity index (χ4n) is 3.68. The molecule has 12 nitrogen and oxygen atoms in total. The van der Waals surface area contributed by atoms with Crippen LogP contribution in [-0.2, 0) is 28.4 Å². The van der Waals surface area contributed by atoms with Gasteiger partial charge in [0.25, 0.3) is 0 Å². The number of ether oxygens (including phenoxy) is 3. The van der Waals surface area contributed by atoms with Crippen molar-refractivity contribution in [2.75, 3.05) is 13.2 Å². The van der Waals surface area contributed by atoms with Crippen LogP contribution in [-0.4, -0.2) is 71.5 Å². The lowest BCUT2D eigenvalue weighted by molar-refractivity contribution is -0.145. The fraction of sp³-hybridized carbons (Fsp3) is 0.640. The summed E-state index contributed by atoms with van der Waals surface area (Å²) in [7, 11) is -3.69. The predicted octanol–water partition coefficient (Wildman–Crippen LogP) is 2.47. The molecule has 1 saturated heterocycles. The van der Waals surface area contributed by atoms with Gasteiger partial charge in [-0.25, -0.2) is 15.2 Å². The summed E-state index contributed by atoms with van der Waals surface area (Å²) in [6.45, 7) is 11.4. The first-order chi connectivity index (χ1) is 18.0. The monoisotopic (exact) mass is 555 g/mol. The number of aliphatic hydroxyl groups excluding tert-OH is 1. The third-order valence-electron chi connectivity index (χ3n) is 5.83. The summed E-state index contributed by atoms with van der Waals surface area (Å²) < 4.78 is 30.3. The molecule has 0 bridgehead atoms. The molecule has 0 saturated carbocycles. The number of nitrogens with two attached hydrogens (primary N) is 1. The summed E-state index contributed by atoms with van der Waals surface area (Å²) in [5, 5.41) is 16.2. The maximum atomic E-state index is 13.9. The smallest absolute Gasteiger partial charge is 0.323 e. The van der Waals surface area contributed by atoms with Crippen LogP contribution in [0.3, 0.4) is 0 Å². The van der Waals surface area contributed by atoms with E-state index >= 15 is 0 Å². The van der Waals surface area contributed by atoms with Crippen molar-refractivity contribution in [3.63, 3.8) is 0 Å². The van der Waals surface area contributed by atoms with E-state index in [9.17, 15) is 19.3 Å². The van der Waals surface area contributed by atoms with E-state index in [4.69, 9.17) is 19.9 Å². The number of rotatable bonds is 15. The molecule has 0 aliphatic carbocycles. The molecule has 0 radical (unpaired) electrons.